The fourth-order valence-electron chi connectivity index (χ4n) is 10.4. The summed E-state index contributed by atoms with van der Waals surface area (Å²) in [6.07, 6.45) is 17.8. The number of ether oxygens (including phenoxy) is 1. The molecule has 0 aliphatic heterocycles. The normalized spacial score (nSPS) is 49.9. The third-order valence-electron chi connectivity index (χ3n) is 11.9. The van der Waals surface area contributed by atoms with Gasteiger partial charge in [0.15, 0.2) is 0 Å². The number of aromatic nitrogens is 1. The molecule has 5 fully saturated rings. The van der Waals surface area contributed by atoms with Gasteiger partial charge in [0.05, 0.1) is 6.10 Å². The largest absolute Gasteiger partial charge is 0.506 e. The Morgan fingerprint density at radius 1 is 1.16 bits per heavy atom. The van der Waals surface area contributed by atoms with Crippen LogP contribution in [0.3, 0.4) is 0 Å². The molecule has 174 valence electrons. The molecule has 1 spiro atoms. The molecule has 5 aliphatic carbocycles. The zero-order valence-corrected chi connectivity index (χ0v) is 20.4. The molecular weight excluding hydrogens is 394 g/mol. The molecule has 1 N–H and O–H groups in total. The van der Waals surface area contributed by atoms with Crippen LogP contribution in [0.25, 0.3) is 6.08 Å². The monoisotopic (exact) mass is 435 g/mol. The zero-order valence-electron chi connectivity index (χ0n) is 20.4. The highest BCUT2D eigenvalue weighted by molar-refractivity contribution is 5.52. The smallest absolute Gasteiger partial charge is 0.141 e. The first-order chi connectivity index (χ1) is 15.3. The van der Waals surface area contributed by atoms with Gasteiger partial charge in [-0.2, -0.15) is 0 Å². The van der Waals surface area contributed by atoms with E-state index in [9.17, 15) is 5.11 Å². The summed E-state index contributed by atoms with van der Waals surface area (Å²) >= 11 is 0. The average Bonchev–Trinajstić information content (AvgIpc) is 3.29. The van der Waals surface area contributed by atoms with Crippen LogP contribution in [-0.4, -0.2) is 23.3 Å². The Morgan fingerprint density at radius 2 is 2.00 bits per heavy atom. The minimum atomic E-state index is 0.275. The van der Waals surface area contributed by atoms with E-state index in [4.69, 9.17) is 4.74 Å². The SMILES string of the molecule is COC1C[C@H]2[C@@H]3CC[C@H]([C@H](C)/C=C/c4ncccc4O)[C@@]3(C)CC[C@@H]2[C@@]2(C)CC[C@@H]3CC132. The lowest BCUT2D eigenvalue weighted by molar-refractivity contribution is -0.160. The predicted molar refractivity (Wildman–Crippen MR) is 128 cm³/mol. The molecule has 0 saturated heterocycles. The lowest BCUT2D eigenvalue weighted by atomic mass is 9.45. The summed E-state index contributed by atoms with van der Waals surface area (Å²) in [4.78, 5) is 4.35. The highest BCUT2D eigenvalue weighted by Crippen LogP contribution is 2.82. The van der Waals surface area contributed by atoms with Gasteiger partial charge in [0.25, 0.3) is 0 Å². The van der Waals surface area contributed by atoms with Gasteiger partial charge >= 0.3 is 0 Å². The third-order valence-corrected chi connectivity index (χ3v) is 11.9. The number of pyridine rings is 1. The van der Waals surface area contributed by atoms with Crippen molar-refractivity contribution in [1.82, 2.24) is 4.98 Å². The molecule has 6 rings (SSSR count). The summed E-state index contributed by atoms with van der Waals surface area (Å²) in [5, 5.41) is 10.1. The van der Waals surface area contributed by atoms with Crippen LogP contribution in [0.4, 0.5) is 0 Å². The number of hydrogen-bond acceptors (Lipinski definition) is 3. The van der Waals surface area contributed by atoms with Gasteiger partial charge in [-0.3, -0.25) is 4.98 Å². The fraction of sp³-hybridized carbons (Fsp3) is 0.759. The van der Waals surface area contributed by atoms with Crippen molar-refractivity contribution in [3.8, 4) is 5.75 Å². The van der Waals surface area contributed by atoms with Gasteiger partial charge in [-0.05, 0) is 116 Å². The van der Waals surface area contributed by atoms with Gasteiger partial charge in [-0.1, -0.05) is 26.8 Å². The van der Waals surface area contributed by atoms with Gasteiger partial charge < -0.3 is 9.84 Å². The van der Waals surface area contributed by atoms with Crippen molar-refractivity contribution in [2.45, 2.75) is 78.2 Å². The van der Waals surface area contributed by atoms with E-state index >= 15 is 0 Å². The van der Waals surface area contributed by atoms with Gasteiger partial charge in [0, 0.05) is 18.7 Å². The van der Waals surface area contributed by atoms with Crippen molar-refractivity contribution >= 4 is 6.08 Å². The number of aromatic hydroxyl groups is 1. The molecule has 0 aromatic carbocycles. The number of allylic oxidation sites excluding steroid dienone is 1. The molecule has 0 radical (unpaired) electrons. The molecule has 0 amide bonds. The Kier molecular flexibility index (Phi) is 4.69. The Morgan fingerprint density at radius 3 is 2.75 bits per heavy atom. The first-order valence-corrected chi connectivity index (χ1v) is 13.2. The Balaban J connectivity index is 1.25. The summed E-state index contributed by atoms with van der Waals surface area (Å²) in [5.41, 5.74) is 2.16. The van der Waals surface area contributed by atoms with Crippen LogP contribution in [0.5, 0.6) is 5.75 Å². The van der Waals surface area contributed by atoms with E-state index in [1.165, 1.54) is 51.4 Å². The molecule has 1 aromatic heterocycles. The minimum Gasteiger partial charge on any atom is -0.506 e. The Hall–Kier alpha value is -1.35. The van der Waals surface area contributed by atoms with E-state index in [0.29, 0.717) is 34.0 Å². The molecular formula is C29H41NO2. The maximum atomic E-state index is 10.1. The van der Waals surface area contributed by atoms with E-state index in [1.54, 1.807) is 18.3 Å². The highest BCUT2D eigenvalue weighted by Gasteiger charge is 2.77. The van der Waals surface area contributed by atoms with Gasteiger partial charge in [0.1, 0.15) is 11.4 Å². The van der Waals surface area contributed by atoms with Crippen molar-refractivity contribution in [3.05, 3.63) is 30.1 Å². The zero-order chi connectivity index (χ0) is 22.3. The lowest BCUT2D eigenvalue weighted by Crippen LogP contribution is -2.57. The first kappa shape index (κ1) is 21.2. The fourth-order valence-corrected chi connectivity index (χ4v) is 10.4. The standard InChI is InChI=1S/C29H41NO2/c1-18(7-10-24-25(31)6-5-15-30-24)21-8-9-22-20-16-26(32-4)29-17-19(29)11-14-28(29,3)23(20)12-13-27(21,22)2/h5-7,10,15,18-23,26,31H,8-9,11-14,16-17H2,1-4H3/b10-7+/t18-,19-,20+,21-,22+,23+,26?,27-,28-,29?/m1/s1. The molecule has 5 saturated carbocycles. The minimum absolute atomic E-state index is 0.275. The molecule has 32 heavy (non-hydrogen) atoms. The summed E-state index contributed by atoms with van der Waals surface area (Å²) in [5.74, 6) is 5.05. The summed E-state index contributed by atoms with van der Waals surface area (Å²) in [6, 6.07) is 3.51. The quantitative estimate of drug-likeness (QED) is 0.571. The van der Waals surface area contributed by atoms with E-state index in [-0.39, 0.29) is 5.75 Å². The molecule has 0 bridgehead atoms. The van der Waals surface area contributed by atoms with E-state index in [0.717, 1.165) is 29.6 Å². The second kappa shape index (κ2) is 7.08. The molecule has 1 aromatic rings. The third kappa shape index (κ3) is 2.61. The number of nitrogens with zero attached hydrogens (tertiary/aromatic N) is 1. The van der Waals surface area contributed by atoms with E-state index in [2.05, 4.69) is 31.8 Å². The second-order valence-corrected chi connectivity index (χ2v) is 12.6. The number of fused-ring (bicyclic) bond motifs is 4. The summed E-state index contributed by atoms with van der Waals surface area (Å²) in [6.45, 7) is 7.68. The van der Waals surface area contributed by atoms with Crippen LogP contribution in [0.15, 0.2) is 24.4 Å². The second-order valence-electron chi connectivity index (χ2n) is 12.6. The average molecular weight is 436 g/mol. The summed E-state index contributed by atoms with van der Waals surface area (Å²) in [7, 11) is 1.99. The van der Waals surface area contributed by atoms with Gasteiger partial charge in [-0.15, -0.1) is 0 Å². The molecule has 3 heteroatoms. The van der Waals surface area contributed by atoms with Crippen LogP contribution >= 0.6 is 0 Å². The molecule has 3 nitrogen and oxygen atoms in total. The topological polar surface area (TPSA) is 42.4 Å². The van der Waals surface area contributed by atoms with Crippen LogP contribution in [0.2, 0.25) is 0 Å². The number of hydrogen-bond donors (Lipinski definition) is 1. The van der Waals surface area contributed by atoms with E-state index in [1.807, 2.05) is 13.2 Å². The van der Waals surface area contributed by atoms with Crippen molar-refractivity contribution in [1.29, 1.82) is 0 Å². The highest BCUT2D eigenvalue weighted by atomic mass is 16.5. The molecule has 10 atom stereocenters. The maximum Gasteiger partial charge on any atom is 0.141 e. The van der Waals surface area contributed by atoms with Gasteiger partial charge in [0.2, 0.25) is 0 Å². The van der Waals surface area contributed by atoms with E-state index < -0.39 is 0 Å². The number of methoxy groups -OCH3 is 1. The van der Waals surface area contributed by atoms with Crippen LogP contribution in [-0.2, 0) is 4.74 Å². The molecule has 2 unspecified atom stereocenters. The Labute approximate surface area is 194 Å². The van der Waals surface area contributed by atoms with Crippen LogP contribution < -0.4 is 0 Å². The predicted octanol–water partition coefficient (Wildman–Crippen LogP) is 6.72. The molecule has 1 heterocycles. The van der Waals surface area contributed by atoms with Gasteiger partial charge in [-0.25, -0.2) is 0 Å². The van der Waals surface area contributed by atoms with Crippen molar-refractivity contribution in [3.63, 3.8) is 0 Å². The summed E-state index contributed by atoms with van der Waals surface area (Å²) < 4.78 is 6.28. The van der Waals surface area contributed by atoms with Crippen molar-refractivity contribution < 1.29 is 9.84 Å². The van der Waals surface area contributed by atoms with Crippen LogP contribution in [0, 0.1) is 51.8 Å². The maximum absolute atomic E-state index is 10.1. The Bertz CT molecular complexity index is 927. The van der Waals surface area contributed by atoms with Crippen LogP contribution in [0.1, 0.15) is 77.8 Å². The van der Waals surface area contributed by atoms with Crippen molar-refractivity contribution in [2.75, 3.05) is 7.11 Å². The van der Waals surface area contributed by atoms with Crippen molar-refractivity contribution in [2.24, 2.45) is 51.8 Å². The first-order valence-electron chi connectivity index (χ1n) is 13.2. The molecule has 5 aliphatic rings. The number of rotatable bonds is 4. The lowest BCUT2D eigenvalue weighted by Gasteiger charge is -2.61.